The zero-order chi connectivity index (χ0) is 17.1. The first-order valence-electron chi connectivity index (χ1n) is 8.29. The van der Waals surface area contributed by atoms with Crippen LogP contribution in [0.1, 0.15) is 41.3 Å². The van der Waals surface area contributed by atoms with E-state index < -0.39 is 12.0 Å². The first-order valence-corrected chi connectivity index (χ1v) is 9.17. The average Bonchev–Trinajstić information content (AvgIpc) is 3.02. The molecule has 1 aromatic heterocycles. The molecule has 2 aromatic rings. The number of nitrogens with zero attached hydrogens (tertiary/aromatic N) is 1. The molecule has 0 saturated carbocycles. The van der Waals surface area contributed by atoms with Crippen LogP contribution >= 0.6 is 11.3 Å². The summed E-state index contributed by atoms with van der Waals surface area (Å²) in [6.07, 6.45) is 2.70. The Morgan fingerprint density at radius 1 is 1.33 bits per heavy atom. The van der Waals surface area contributed by atoms with Gasteiger partial charge >= 0.3 is 5.97 Å². The van der Waals surface area contributed by atoms with Crippen LogP contribution in [0.2, 0.25) is 0 Å². The van der Waals surface area contributed by atoms with E-state index in [1.54, 1.807) is 18.4 Å². The van der Waals surface area contributed by atoms with E-state index in [-0.39, 0.29) is 6.04 Å². The van der Waals surface area contributed by atoms with Crippen molar-refractivity contribution in [2.75, 3.05) is 13.7 Å². The first-order chi connectivity index (χ1) is 11.6. The number of thiophene rings is 1. The quantitative estimate of drug-likeness (QED) is 0.886. The van der Waals surface area contributed by atoms with Gasteiger partial charge < -0.3 is 9.84 Å². The summed E-state index contributed by atoms with van der Waals surface area (Å²) in [6, 6.07) is 9.51. The van der Waals surface area contributed by atoms with E-state index in [9.17, 15) is 9.90 Å². The van der Waals surface area contributed by atoms with E-state index in [0.717, 1.165) is 30.7 Å². The van der Waals surface area contributed by atoms with Crippen LogP contribution in [-0.2, 0) is 4.79 Å². The normalized spacial score (nSPS) is 19.8. The van der Waals surface area contributed by atoms with Gasteiger partial charge in [-0.3, -0.25) is 9.69 Å². The van der Waals surface area contributed by atoms with Crippen molar-refractivity contribution >= 4 is 17.3 Å². The van der Waals surface area contributed by atoms with Crippen LogP contribution in [0.25, 0.3) is 0 Å². The summed E-state index contributed by atoms with van der Waals surface area (Å²) >= 11 is 1.69. The molecule has 24 heavy (non-hydrogen) atoms. The van der Waals surface area contributed by atoms with Gasteiger partial charge in [0.1, 0.15) is 11.8 Å². The Balaban J connectivity index is 2.12. The number of benzene rings is 1. The van der Waals surface area contributed by atoms with Crippen LogP contribution in [0.4, 0.5) is 0 Å². The summed E-state index contributed by atoms with van der Waals surface area (Å²) in [6.45, 7) is 2.88. The number of rotatable bonds is 5. The average molecular weight is 345 g/mol. The van der Waals surface area contributed by atoms with Gasteiger partial charge in [0.15, 0.2) is 0 Å². The number of carbonyl (C=O) groups is 1. The van der Waals surface area contributed by atoms with Crippen molar-refractivity contribution in [3.8, 4) is 5.75 Å². The molecular formula is C19H23NO3S. The van der Waals surface area contributed by atoms with Crippen molar-refractivity contribution in [1.29, 1.82) is 0 Å². The van der Waals surface area contributed by atoms with Crippen molar-refractivity contribution in [3.63, 3.8) is 0 Å². The maximum absolute atomic E-state index is 11.8. The first kappa shape index (κ1) is 17.0. The van der Waals surface area contributed by atoms with E-state index in [1.807, 2.05) is 18.2 Å². The van der Waals surface area contributed by atoms with E-state index in [1.165, 1.54) is 10.4 Å². The number of carboxylic acids is 1. The molecule has 1 saturated heterocycles. The highest BCUT2D eigenvalue weighted by atomic mass is 32.1. The third kappa shape index (κ3) is 3.19. The van der Waals surface area contributed by atoms with Gasteiger partial charge in [-0.2, -0.15) is 0 Å². The van der Waals surface area contributed by atoms with E-state index in [4.69, 9.17) is 4.74 Å². The van der Waals surface area contributed by atoms with Gasteiger partial charge in [0.05, 0.1) is 13.2 Å². The molecular weight excluding hydrogens is 322 g/mol. The Hall–Kier alpha value is -1.85. The molecule has 4 nitrogen and oxygen atoms in total. The molecule has 0 aliphatic carbocycles. The fraction of sp³-hybridized carbons (Fsp3) is 0.421. The van der Waals surface area contributed by atoms with Crippen LogP contribution in [0.15, 0.2) is 35.7 Å². The van der Waals surface area contributed by atoms with Crippen molar-refractivity contribution < 1.29 is 14.6 Å². The standard InChI is InChI=1S/C19H23NO3S/c1-13-10-12-24-18(13)17(14-7-3-4-9-16(14)23-2)20-11-6-5-8-15(20)19(21)22/h3-4,7,9-10,12,15,17H,5-6,8,11H2,1-2H3,(H,21,22). The summed E-state index contributed by atoms with van der Waals surface area (Å²) in [5, 5.41) is 11.8. The van der Waals surface area contributed by atoms with Crippen LogP contribution in [0.3, 0.4) is 0 Å². The lowest BCUT2D eigenvalue weighted by atomic mass is 9.93. The smallest absolute Gasteiger partial charge is 0.320 e. The Morgan fingerprint density at radius 2 is 2.12 bits per heavy atom. The highest BCUT2D eigenvalue weighted by molar-refractivity contribution is 7.10. The molecule has 0 bridgehead atoms. The number of methoxy groups -OCH3 is 1. The molecule has 0 spiro atoms. The fourth-order valence-corrected chi connectivity index (χ4v) is 4.62. The molecule has 1 aromatic carbocycles. The molecule has 0 amide bonds. The number of ether oxygens (including phenoxy) is 1. The van der Waals surface area contributed by atoms with Gasteiger partial charge in [0.25, 0.3) is 0 Å². The molecule has 1 aliphatic heterocycles. The van der Waals surface area contributed by atoms with E-state index in [2.05, 4.69) is 29.3 Å². The summed E-state index contributed by atoms with van der Waals surface area (Å²) < 4.78 is 5.58. The molecule has 2 heterocycles. The van der Waals surface area contributed by atoms with Crippen molar-refractivity contribution in [1.82, 2.24) is 4.90 Å². The minimum absolute atomic E-state index is 0.0810. The zero-order valence-corrected chi connectivity index (χ0v) is 14.9. The Labute approximate surface area is 146 Å². The predicted molar refractivity (Wildman–Crippen MR) is 95.9 cm³/mol. The van der Waals surface area contributed by atoms with Crippen LogP contribution < -0.4 is 4.74 Å². The second-order valence-electron chi connectivity index (χ2n) is 6.20. The minimum Gasteiger partial charge on any atom is -0.496 e. The molecule has 1 fully saturated rings. The fourth-order valence-electron chi connectivity index (χ4n) is 3.56. The Bertz CT molecular complexity index is 712. The SMILES string of the molecule is COc1ccccc1C(c1sccc1C)N1CCCCC1C(=O)O. The molecule has 1 aliphatic rings. The van der Waals surface area contributed by atoms with Crippen LogP contribution in [-0.4, -0.2) is 35.7 Å². The Morgan fingerprint density at radius 3 is 2.79 bits per heavy atom. The number of para-hydroxylation sites is 1. The van der Waals surface area contributed by atoms with Gasteiger partial charge in [-0.15, -0.1) is 11.3 Å². The van der Waals surface area contributed by atoms with Crippen molar-refractivity contribution in [2.45, 2.75) is 38.3 Å². The molecule has 3 rings (SSSR count). The van der Waals surface area contributed by atoms with Gasteiger partial charge in [-0.25, -0.2) is 0 Å². The number of aryl methyl sites for hydroxylation is 1. The van der Waals surface area contributed by atoms with Crippen LogP contribution in [0, 0.1) is 6.92 Å². The highest BCUT2D eigenvalue weighted by Gasteiger charge is 2.37. The van der Waals surface area contributed by atoms with Gasteiger partial charge in [0, 0.05) is 10.4 Å². The largest absolute Gasteiger partial charge is 0.496 e. The summed E-state index contributed by atoms with van der Waals surface area (Å²) in [7, 11) is 1.67. The van der Waals surface area contributed by atoms with E-state index >= 15 is 0 Å². The highest BCUT2D eigenvalue weighted by Crippen LogP contribution is 2.41. The van der Waals surface area contributed by atoms with Crippen molar-refractivity contribution in [2.24, 2.45) is 0 Å². The molecule has 2 atom stereocenters. The van der Waals surface area contributed by atoms with Gasteiger partial charge in [-0.1, -0.05) is 24.6 Å². The zero-order valence-electron chi connectivity index (χ0n) is 14.1. The lowest BCUT2D eigenvalue weighted by Crippen LogP contribution is -2.46. The number of hydrogen-bond donors (Lipinski definition) is 1. The molecule has 1 N–H and O–H groups in total. The lowest BCUT2D eigenvalue weighted by Gasteiger charge is -2.39. The number of aliphatic carboxylic acids is 1. The second-order valence-corrected chi connectivity index (χ2v) is 7.15. The lowest BCUT2D eigenvalue weighted by molar-refractivity contribution is -0.145. The summed E-state index contributed by atoms with van der Waals surface area (Å²) in [4.78, 5) is 15.2. The number of carboxylic acid groups (broad SMARTS) is 1. The number of likely N-dealkylation sites (tertiary alicyclic amines) is 1. The topological polar surface area (TPSA) is 49.8 Å². The second kappa shape index (κ2) is 7.36. The predicted octanol–water partition coefficient (Wildman–Crippen LogP) is 4.09. The number of piperidine rings is 1. The molecule has 5 heteroatoms. The summed E-state index contributed by atoms with van der Waals surface area (Å²) in [5.41, 5.74) is 2.24. The van der Waals surface area contributed by atoms with E-state index in [0.29, 0.717) is 6.42 Å². The molecule has 128 valence electrons. The third-order valence-electron chi connectivity index (χ3n) is 4.74. The molecule has 0 radical (unpaired) electrons. The van der Waals surface area contributed by atoms with Gasteiger partial charge in [0.2, 0.25) is 0 Å². The van der Waals surface area contributed by atoms with Crippen molar-refractivity contribution in [3.05, 3.63) is 51.7 Å². The number of hydrogen-bond acceptors (Lipinski definition) is 4. The minimum atomic E-state index is -0.733. The monoisotopic (exact) mass is 345 g/mol. The Kier molecular flexibility index (Phi) is 5.21. The summed E-state index contributed by atoms with van der Waals surface area (Å²) in [5.74, 6) is 0.0776. The van der Waals surface area contributed by atoms with Gasteiger partial charge in [-0.05, 0) is 49.4 Å². The maximum atomic E-state index is 11.8. The van der Waals surface area contributed by atoms with Crippen LogP contribution in [0.5, 0.6) is 5.75 Å². The third-order valence-corrected chi connectivity index (χ3v) is 5.82. The maximum Gasteiger partial charge on any atom is 0.320 e. The molecule has 2 unspecified atom stereocenters.